The number of hydrogen-bond acceptors (Lipinski definition) is 4. The number of rotatable bonds is 5. The van der Waals surface area contributed by atoms with Gasteiger partial charge in [0.2, 0.25) is 11.8 Å². The summed E-state index contributed by atoms with van der Waals surface area (Å²) in [7, 11) is 0. The molecule has 0 saturated carbocycles. The number of benzene rings is 2. The summed E-state index contributed by atoms with van der Waals surface area (Å²) in [6, 6.07) is 19.4. The van der Waals surface area contributed by atoms with Gasteiger partial charge in [-0.15, -0.1) is 12.4 Å². The highest BCUT2D eigenvalue weighted by Crippen LogP contribution is 2.33. The van der Waals surface area contributed by atoms with E-state index in [2.05, 4.69) is 12.1 Å². The SMILES string of the molecule is Cl.NC[C@@H]1CN(C(=O)[C@H]2COCC(=O)N2Cc2ccccc2)C[C@H]1c1ccccc1. The predicted octanol–water partition coefficient (Wildman–Crippen LogP) is 2.04. The van der Waals surface area contributed by atoms with Crippen molar-refractivity contribution in [3.63, 3.8) is 0 Å². The average molecular weight is 430 g/mol. The number of likely N-dealkylation sites (tertiary alicyclic amines) is 1. The second-order valence-corrected chi connectivity index (χ2v) is 7.79. The van der Waals surface area contributed by atoms with Gasteiger partial charge in [0.25, 0.3) is 0 Å². The number of halogens is 1. The number of nitrogens with zero attached hydrogens (tertiary/aromatic N) is 2. The van der Waals surface area contributed by atoms with E-state index in [9.17, 15) is 9.59 Å². The Bertz CT molecular complexity index is 849. The lowest BCUT2D eigenvalue weighted by molar-refractivity contribution is -0.159. The molecule has 0 aliphatic carbocycles. The van der Waals surface area contributed by atoms with Crippen LogP contribution in [0, 0.1) is 5.92 Å². The van der Waals surface area contributed by atoms with Crippen molar-refractivity contribution in [2.24, 2.45) is 11.7 Å². The van der Waals surface area contributed by atoms with E-state index in [1.165, 1.54) is 5.56 Å². The molecule has 2 N–H and O–H groups in total. The van der Waals surface area contributed by atoms with Gasteiger partial charge in [0.05, 0.1) is 6.61 Å². The third-order valence-electron chi connectivity index (χ3n) is 5.96. The molecule has 160 valence electrons. The van der Waals surface area contributed by atoms with Gasteiger partial charge in [0.1, 0.15) is 12.6 Å². The quantitative estimate of drug-likeness (QED) is 0.789. The molecular formula is C23H28ClN3O3. The van der Waals surface area contributed by atoms with E-state index in [4.69, 9.17) is 10.5 Å². The highest BCUT2D eigenvalue weighted by molar-refractivity contribution is 5.89. The van der Waals surface area contributed by atoms with Crippen LogP contribution in [0.2, 0.25) is 0 Å². The molecule has 0 unspecified atom stereocenters. The molecule has 0 aromatic heterocycles. The maximum Gasteiger partial charge on any atom is 0.249 e. The number of morpholine rings is 1. The maximum absolute atomic E-state index is 13.4. The van der Waals surface area contributed by atoms with E-state index in [-0.39, 0.29) is 49.3 Å². The number of hydrogen-bond donors (Lipinski definition) is 1. The Balaban J connectivity index is 0.00000256. The first-order valence-corrected chi connectivity index (χ1v) is 10.1. The zero-order valence-electron chi connectivity index (χ0n) is 16.9. The molecule has 2 fully saturated rings. The van der Waals surface area contributed by atoms with Crippen LogP contribution >= 0.6 is 12.4 Å². The standard InChI is InChI=1S/C23H27N3O3.ClH/c24-11-19-13-25(14-20(19)18-9-5-2-6-10-18)23(28)21-15-29-16-22(27)26(21)12-17-7-3-1-4-8-17;/h1-10,19-21H,11-16,24H2;1H/t19-,20+,21-;/m1./s1. The second-order valence-electron chi connectivity index (χ2n) is 7.79. The fourth-order valence-corrected chi connectivity index (χ4v) is 4.37. The molecule has 2 aliphatic heterocycles. The molecular weight excluding hydrogens is 402 g/mol. The van der Waals surface area contributed by atoms with Crippen LogP contribution < -0.4 is 5.73 Å². The molecule has 2 saturated heterocycles. The Morgan fingerprint density at radius 3 is 2.37 bits per heavy atom. The van der Waals surface area contributed by atoms with E-state index < -0.39 is 6.04 Å². The van der Waals surface area contributed by atoms with Gasteiger partial charge in [0, 0.05) is 25.6 Å². The van der Waals surface area contributed by atoms with Crippen molar-refractivity contribution in [1.82, 2.24) is 9.80 Å². The molecule has 2 aliphatic rings. The smallest absolute Gasteiger partial charge is 0.249 e. The summed E-state index contributed by atoms with van der Waals surface area (Å²) in [5, 5.41) is 0. The van der Waals surface area contributed by atoms with Gasteiger partial charge < -0.3 is 20.3 Å². The molecule has 2 amide bonds. The minimum atomic E-state index is -0.593. The number of carbonyl (C=O) groups excluding carboxylic acids is 2. The van der Waals surface area contributed by atoms with Gasteiger partial charge in [-0.3, -0.25) is 9.59 Å². The van der Waals surface area contributed by atoms with Crippen LogP contribution in [-0.2, 0) is 20.9 Å². The fourth-order valence-electron chi connectivity index (χ4n) is 4.37. The molecule has 30 heavy (non-hydrogen) atoms. The Morgan fingerprint density at radius 2 is 1.70 bits per heavy atom. The van der Waals surface area contributed by atoms with Crippen LogP contribution in [0.5, 0.6) is 0 Å². The van der Waals surface area contributed by atoms with Crippen LogP contribution in [-0.4, -0.2) is 60.5 Å². The Hall–Kier alpha value is -2.41. The zero-order valence-corrected chi connectivity index (χ0v) is 17.7. The Labute approximate surface area is 183 Å². The van der Waals surface area contributed by atoms with Crippen LogP contribution in [0.3, 0.4) is 0 Å². The number of ether oxygens (including phenoxy) is 1. The molecule has 4 rings (SSSR count). The van der Waals surface area contributed by atoms with E-state index >= 15 is 0 Å². The third-order valence-corrected chi connectivity index (χ3v) is 5.96. The summed E-state index contributed by atoms with van der Waals surface area (Å²) in [6.07, 6.45) is 0. The first-order chi connectivity index (χ1) is 14.2. The van der Waals surface area contributed by atoms with E-state index in [1.807, 2.05) is 53.4 Å². The van der Waals surface area contributed by atoms with Crippen LogP contribution in [0.1, 0.15) is 17.0 Å². The van der Waals surface area contributed by atoms with E-state index in [0.29, 0.717) is 26.2 Å². The van der Waals surface area contributed by atoms with Crippen molar-refractivity contribution in [3.8, 4) is 0 Å². The van der Waals surface area contributed by atoms with E-state index in [1.54, 1.807) is 4.90 Å². The average Bonchev–Trinajstić information content (AvgIpc) is 3.20. The van der Waals surface area contributed by atoms with Gasteiger partial charge in [-0.1, -0.05) is 60.7 Å². The third kappa shape index (κ3) is 4.67. The molecule has 6 nitrogen and oxygen atoms in total. The topological polar surface area (TPSA) is 75.9 Å². The van der Waals surface area contributed by atoms with Crippen LogP contribution in [0.25, 0.3) is 0 Å². The normalized spacial score (nSPS) is 23.9. The Kier molecular flexibility index (Phi) is 7.48. The summed E-state index contributed by atoms with van der Waals surface area (Å²) in [4.78, 5) is 29.5. The van der Waals surface area contributed by atoms with Crippen molar-refractivity contribution in [1.29, 1.82) is 0 Å². The Morgan fingerprint density at radius 1 is 1.03 bits per heavy atom. The molecule has 2 aromatic rings. The molecule has 2 aromatic carbocycles. The largest absolute Gasteiger partial charge is 0.369 e. The summed E-state index contributed by atoms with van der Waals surface area (Å²) < 4.78 is 5.44. The zero-order chi connectivity index (χ0) is 20.2. The van der Waals surface area contributed by atoms with Crippen molar-refractivity contribution >= 4 is 24.2 Å². The van der Waals surface area contributed by atoms with Crippen molar-refractivity contribution in [2.45, 2.75) is 18.5 Å². The second kappa shape index (κ2) is 10.1. The van der Waals surface area contributed by atoms with Gasteiger partial charge >= 0.3 is 0 Å². The summed E-state index contributed by atoms with van der Waals surface area (Å²) in [6.45, 7) is 2.42. The minimum Gasteiger partial charge on any atom is -0.369 e. The van der Waals surface area contributed by atoms with E-state index in [0.717, 1.165) is 5.56 Å². The van der Waals surface area contributed by atoms with Gasteiger partial charge in [-0.05, 0) is 23.6 Å². The summed E-state index contributed by atoms with van der Waals surface area (Å²) >= 11 is 0. The first kappa shape index (κ1) is 22.3. The van der Waals surface area contributed by atoms with Crippen LogP contribution in [0.4, 0.5) is 0 Å². The summed E-state index contributed by atoms with van der Waals surface area (Å²) in [5.41, 5.74) is 8.23. The molecule has 0 spiro atoms. The molecule has 0 bridgehead atoms. The van der Waals surface area contributed by atoms with Gasteiger partial charge in [-0.25, -0.2) is 0 Å². The molecule has 0 radical (unpaired) electrons. The number of nitrogens with two attached hydrogens (primary N) is 1. The highest BCUT2D eigenvalue weighted by Gasteiger charge is 2.41. The van der Waals surface area contributed by atoms with Crippen molar-refractivity contribution < 1.29 is 14.3 Å². The molecule has 7 heteroatoms. The number of carbonyl (C=O) groups is 2. The minimum absolute atomic E-state index is 0. The fraction of sp³-hybridized carbons (Fsp3) is 0.391. The summed E-state index contributed by atoms with van der Waals surface area (Å²) in [5.74, 6) is 0.232. The lowest BCUT2D eigenvalue weighted by Crippen LogP contribution is -2.56. The lowest BCUT2D eigenvalue weighted by Gasteiger charge is -2.36. The van der Waals surface area contributed by atoms with Gasteiger partial charge in [-0.2, -0.15) is 0 Å². The lowest BCUT2D eigenvalue weighted by atomic mass is 9.89. The molecule has 2 heterocycles. The van der Waals surface area contributed by atoms with Crippen LogP contribution in [0.15, 0.2) is 60.7 Å². The first-order valence-electron chi connectivity index (χ1n) is 10.1. The predicted molar refractivity (Wildman–Crippen MR) is 117 cm³/mol. The maximum atomic E-state index is 13.4. The number of amides is 2. The highest BCUT2D eigenvalue weighted by atomic mass is 35.5. The monoisotopic (exact) mass is 429 g/mol. The molecule has 3 atom stereocenters. The van der Waals surface area contributed by atoms with Crippen molar-refractivity contribution in [2.75, 3.05) is 32.8 Å². The van der Waals surface area contributed by atoms with Gasteiger partial charge in [0.15, 0.2) is 0 Å². The van der Waals surface area contributed by atoms with Crippen molar-refractivity contribution in [3.05, 3.63) is 71.8 Å².